The first kappa shape index (κ1) is 12.3. The third-order valence-corrected chi connectivity index (χ3v) is 3.42. The average molecular weight is 245 g/mol. The van der Waals surface area contributed by atoms with Gasteiger partial charge >= 0.3 is 0 Å². The van der Waals surface area contributed by atoms with E-state index in [1.807, 2.05) is 17.1 Å². The minimum absolute atomic E-state index is 0.0771. The summed E-state index contributed by atoms with van der Waals surface area (Å²) < 4.78 is 0. The Hall–Kier alpha value is -0.790. The van der Waals surface area contributed by atoms with Gasteiger partial charge in [-0.3, -0.25) is 5.41 Å². The van der Waals surface area contributed by atoms with Crippen molar-refractivity contribution in [3.8, 4) is 0 Å². The largest absolute Gasteiger partial charge is 0.370 e. The molecule has 0 radical (unpaired) electrons. The number of hydrogen-bond acceptors (Lipinski definition) is 5. The van der Waals surface area contributed by atoms with Crippen LogP contribution in [0, 0.1) is 5.41 Å². The van der Waals surface area contributed by atoms with E-state index in [9.17, 15) is 0 Å². The van der Waals surface area contributed by atoms with Gasteiger partial charge in [0, 0.05) is 11.1 Å². The summed E-state index contributed by atoms with van der Waals surface area (Å²) in [6.45, 7) is 0.737. The van der Waals surface area contributed by atoms with Gasteiger partial charge in [-0.1, -0.05) is 0 Å². The highest BCUT2D eigenvalue weighted by Gasteiger charge is 2.02. The summed E-state index contributed by atoms with van der Waals surface area (Å²) in [6.07, 6.45) is 1.04. The average Bonchev–Trinajstić information content (AvgIpc) is 2.59. The van der Waals surface area contributed by atoms with Crippen LogP contribution >= 0.6 is 23.1 Å². The molecule has 0 saturated carbocycles. The van der Waals surface area contributed by atoms with Crippen LogP contribution in [0.4, 0.5) is 5.13 Å². The summed E-state index contributed by atoms with van der Waals surface area (Å²) >= 11 is 3.28. The van der Waals surface area contributed by atoms with Crippen LogP contribution in [0.2, 0.25) is 0 Å². The molecule has 0 aliphatic heterocycles. The van der Waals surface area contributed by atoms with Crippen molar-refractivity contribution < 1.29 is 0 Å². The van der Waals surface area contributed by atoms with E-state index in [1.54, 1.807) is 0 Å². The van der Waals surface area contributed by atoms with Gasteiger partial charge in [0.2, 0.25) is 0 Å². The highest BCUT2D eigenvalue weighted by Crippen LogP contribution is 2.19. The third-order valence-electron chi connectivity index (χ3n) is 1.54. The number of nitrogens with two attached hydrogens (primary N) is 2. The third kappa shape index (κ3) is 5.01. The van der Waals surface area contributed by atoms with Gasteiger partial charge in [0.25, 0.3) is 0 Å². The highest BCUT2D eigenvalue weighted by atomic mass is 32.2. The van der Waals surface area contributed by atoms with Crippen molar-refractivity contribution in [2.75, 3.05) is 17.6 Å². The number of guanidine groups is 1. The SMILES string of the molecule is N=C(N)Nc1nc(CSCCCN)cs1. The lowest BCUT2D eigenvalue weighted by Crippen LogP contribution is -2.20. The molecule has 0 atom stereocenters. The zero-order chi connectivity index (χ0) is 11.1. The topological polar surface area (TPSA) is 101 Å². The Labute approximate surface area is 97.2 Å². The van der Waals surface area contributed by atoms with E-state index in [2.05, 4.69) is 10.3 Å². The molecule has 0 aromatic carbocycles. The van der Waals surface area contributed by atoms with Crippen LogP contribution < -0.4 is 16.8 Å². The predicted octanol–water partition coefficient (Wildman–Crippen LogP) is 1.03. The molecule has 0 aliphatic carbocycles. The Kier molecular flexibility index (Phi) is 5.44. The van der Waals surface area contributed by atoms with Crippen LogP contribution in [0.1, 0.15) is 12.1 Å². The van der Waals surface area contributed by atoms with E-state index in [0.29, 0.717) is 5.13 Å². The molecule has 0 aliphatic rings. The van der Waals surface area contributed by atoms with Crippen LogP contribution in [0.25, 0.3) is 0 Å². The number of thioether (sulfide) groups is 1. The number of anilines is 1. The maximum atomic E-state index is 7.05. The second-order valence-electron chi connectivity index (χ2n) is 2.88. The minimum Gasteiger partial charge on any atom is -0.370 e. The van der Waals surface area contributed by atoms with Crippen LogP contribution in [0.15, 0.2) is 5.38 Å². The lowest BCUT2D eigenvalue weighted by molar-refractivity contribution is 0.942. The number of rotatable bonds is 6. The molecule has 0 saturated heterocycles. The van der Waals surface area contributed by atoms with Crippen molar-refractivity contribution in [2.45, 2.75) is 12.2 Å². The van der Waals surface area contributed by atoms with Crippen molar-refractivity contribution in [3.05, 3.63) is 11.1 Å². The van der Waals surface area contributed by atoms with Gasteiger partial charge in [-0.05, 0) is 18.7 Å². The van der Waals surface area contributed by atoms with Gasteiger partial charge in [-0.2, -0.15) is 11.8 Å². The Morgan fingerprint density at radius 1 is 1.67 bits per heavy atom. The lowest BCUT2D eigenvalue weighted by atomic mass is 10.5. The summed E-state index contributed by atoms with van der Waals surface area (Å²) in [5.74, 6) is 1.87. The monoisotopic (exact) mass is 245 g/mol. The number of nitrogens with one attached hydrogen (secondary N) is 2. The molecule has 0 unspecified atom stereocenters. The van der Waals surface area contributed by atoms with Gasteiger partial charge in [-0.25, -0.2) is 4.98 Å². The van der Waals surface area contributed by atoms with Gasteiger partial charge in [-0.15, -0.1) is 11.3 Å². The Bertz CT molecular complexity index is 312. The Balaban J connectivity index is 2.29. The lowest BCUT2D eigenvalue weighted by Gasteiger charge is -1.97. The van der Waals surface area contributed by atoms with Crippen LogP contribution in [-0.4, -0.2) is 23.2 Å². The molecule has 0 spiro atoms. The van der Waals surface area contributed by atoms with Crippen LogP contribution in [0.5, 0.6) is 0 Å². The molecule has 7 heteroatoms. The van der Waals surface area contributed by atoms with Crippen molar-refractivity contribution >= 4 is 34.2 Å². The first-order valence-electron chi connectivity index (χ1n) is 4.55. The second kappa shape index (κ2) is 6.65. The first-order valence-corrected chi connectivity index (χ1v) is 6.59. The van der Waals surface area contributed by atoms with E-state index in [1.165, 1.54) is 11.3 Å². The number of thiazole rings is 1. The molecule has 15 heavy (non-hydrogen) atoms. The summed E-state index contributed by atoms with van der Waals surface area (Å²) in [6, 6.07) is 0. The van der Waals surface area contributed by atoms with Gasteiger partial charge < -0.3 is 16.8 Å². The zero-order valence-corrected chi connectivity index (χ0v) is 9.96. The van der Waals surface area contributed by atoms with Crippen LogP contribution in [-0.2, 0) is 5.75 Å². The molecule has 6 N–H and O–H groups in total. The molecular formula is C8H15N5S2. The van der Waals surface area contributed by atoms with E-state index in [0.717, 1.165) is 30.2 Å². The smallest absolute Gasteiger partial charge is 0.192 e. The van der Waals surface area contributed by atoms with Gasteiger partial charge in [0.1, 0.15) is 0 Å². The fourth-order valence-corrected chi connectivity index (χ4v) is 2.61. The molecule has 0 amide bonds. The standard InChI is InChI=1S/C8H15N5S2/c9-2-1-3-14-4-6-5-15-8(12-6)13-7(10)11/h5H,1-4,9H2,(H4,10,11,12,13). The maximum Gasteiger partial charge on any atom is 0.192 e. The van der Waals surface area contributed by atoms with E-state index in [4.69, 9.17) is 16.9 Å². The summed E-state index contributed by atoms with van der Waals surface area (Å²) in [7, 11) is 0. The molecule has 1 heterocycles. The molecule has 1 rings (SSSR count). The van der Waals surface area contributed by atoms with E-state index >= 15 is 0 Å². The fourth-order valence-electron chi connectivity index (χ4n) is 0.908. The summed E-state index contributed by atoms with van der Waals surface area (Å²) in [5, 5.41) is 12.4. The van der Waals surface area contributed by atoms with Crippen molar-refractivity contribution in [2.24, 2.45) is 11.5 Å². The molecule has 0 bridgehead atoms. The van der Waals surface area contributed by atoms with E-state index in [-0.39, 0.29) is 5.96 Å². The second-order valence-corrected chi connectivity index (χ2v) is 4.84. The molecule has 1 aromatic rings. The van der Waals surface area contributed by atoms with Crippen LogP contribution in [0.3, 0.4) is 0 Å². The molecule has 1 aromatic heterocycles. The normalized spacial score (nSPS) is 10.2. The molecule has 84 valence electrons. The van der Waals surface area contributed by atoms with Crippen molar-refractivity contribution in [1.29, 1.82) is 5.41 Å². The Morgan fingerprint density at radius 2 is 2.47 bits per heavy atom. The van der Waals surface area contributed by atoms with Gasteiger partial charge in [0.05, 0.1) is 5.69 Å². The number of hydrogen-bond donors (Lipinski definition) is 4. The first-order chi connectivity index (χ1) is 7.22. The zero-order valence-electron chi connectivity index (χ0n) is 8.32. The summed E-state index contributed by atoms with van der Waals surface area (Å²) in [4.78, 5) is 4.28. The molecular weight excluding hydrogens is 230 g/mol. The summed E-state index contributed by atoms with van der Waals surface area (Å²) in [5.41, 5.74) is 11.6. The molecule has 5 nitrogen and oxygen atoms in total. The van der Waals surface area contributed by atoms with Crippen molar-refractivity contribution in [3.63, 3.8) is 0 Å². The Morgan fingerprint density at radius 3 is 3.13 bits per heavy atom. The van der Waals surface area contributed by atoms with E-state index < -0.39 is 0 Å². The number of nitrogens with zero attached hydrogens (tertiary/aromatic N) is 1. The quantitative estimate of drug-likeness (QED) is 0.341. The fraction of sp³-hybridized carbons (Fsp3) is 0.500. The number of aromatic nitrogens is 1. The maximum absolute atomic E-state index is 7.05. The highest BCUT2D eigenvalue weighted by molar-refractivity contribution is 7.98. The minimum atomic E-state index is -0.0771. The van der Waals surface area contributed by atoms with Crippen molar-refractivity contribution in [1.82, 2.24) is 4.98 Å². The predicted molar refractivity (Wildman–Crippen MR) is 67.5 cm³/mol. The molecule has 0 fully saturated rings. The van der Waals surface area contributed by atoms with Gasteiger partial charge in [0.15, 0.2) is 11.1 Å².